The summed E-state index contributed by atoms with van der Waals surface area (Å²) >= 11 is 0. The first-order chi connectivity index (χ1) is 8.56. The van der Waals surface area contributed by atoms with Gasteiger partial charge in [-0.1, -0.05) is 12.1 Å². The number of carbonyl (C=O) groups is 1. The van der Waals surface area contributed by atoms with Crippen LogP contribution in [0.15, 0.2) is 29.2 Å². The number of sulfone groups is 1. The fourth-order valence-corrected chi connectivity index (χ4v) is 2.04. The van der Waals surface area contributed by atoms with E-state index < -0.39 is 38.7 Å². The molecule has 1 amide bonds. The van der Waals surface area contributed by atoms with Crippen molar-refractivity contribution in [2.24, 2.45) is 0 Å². The summed E-state index contributed by atoms with van der Waals surface area (Å²) in [6, 6.07) is 4.66. The molecule has 1 aromatic rings. The molecule has 0 aliphatic carbocycles. The SMILES string of the molecule is CS(=O)(=O)c1ccccc1NC(=O)C(F)(F)C(F)F. The van der Waals surface area contributed by atoms with Gasteiger partial charge < -0.3 is 5.32 Å². The minimum Gasteiger partial charge on any atom is -0.319 e. The van der Waals surface area contributed by atoms with E-state index in [0.717, 1.165) is 18.4 Å². The molecule has 1 N–H and O–H groups in total. The Hall–Kier alpha value is -1.64. The molecule has 0 aliphatic heterocycles. The van der Waals surface area contributed by atoms with Crippen molar-refractivity contribution in [1.82, 2.24) is 0 Å². The third kappa shape index (κ3) is 3.43. The van der Waals surface area contributed by atoms with Crippen molar-refractivity contribution in [1.29, 1.82) is 0 Å². The molecule has 1 aromatic carbocycles. The van der Waals surface area contributed by atoms with Crippen LogP contribution in [0.3, 0.4) is 0 Å². The first kappa shape index (κ1) is 15.4. The number of halogens is 4. The van der Waals surface area contributed by atoms with E-state index in [1.165, 1.54) is 17.4 Å². The first-order valence-corrected chi connectivity index (χ1v) is 6.72. The molecule has 0 heterocycles. The van der Waals surface area contributed by atoms with Gasteiger partial charge in [-0.15, -0.1) is 0 Å². The molecule has 9 heteroatoms. The second kappa shape index (κ2) is 5.16. The zero-order chi connectivity index (χ0) is 14.8. The number of hydrogen-bond acceptors (Lipinski definition) is 3. The quantitative estimate of drug-likeness (QED) is 0.864. The zero-order valence-corrected chi connectivity index (χ0v) is 10.3. The summed E-state index contributed by atoms with van der Waals surface area (Å²) in [5.41, 5.74) is -0.477. The van der Waals surface area contributed by atoms with E-state index in [2.05, 4.69) is 0 Å². The highest BCUT2D eigenvalue weighted by atomic mass is 32.2. The summed E-state index contributed by atoms with van der Waals surface area (Å²) in [6.45, 7) is 0. The minimum atomic E-state index is -4.90. The largest absolute Gasteiger partial charge is 0.383 e. The maximum absolute atomic E-state index is 12.7. The summed E-state index contributed by atoms with van der Waals surface area (Å²) in [5.74, 6) is -7.16. The summed E-state index contributed by atoms with van der Waals surface area (Å²) < 4.78 is 72.1. The van der Waals surface area contributed by atoms with Crippen molar-refractivity contribution < 1.29 is 30.8 Å². The minimum absolute atomic E-state index is 0.437. The highest BCUT2D eigenvalue weighted by molar-refractivity contribution is 7.90. The number of nitrogens with one attached hydrogen (secondary N) is 1. The second-order valence-electron chi connectivity index (χ2n) is 3.65. The average molecular weight is 299 g/mol. The van der Waals surface area contributed by atoms with E-state index in [9.17, 15) is 30.8 Å². The Labute approximate surface area is 106 Å². The van der Waals surface area contributed by atoms with Gasteiger partial charge in [-0.3, -0.25) is 4.79 Å². The molecule has 19 heavy (non-hydrogen) atoms. The second-order valence-corrected chi connectivity index (χ2v) is 5.63. The molecule has 4 nitrogen and oxygen atoms in total. The van der Waals surface area contributed by atoms with Crippen molar-refractivity contribution in [3.05, 3.63) is 24.3 Å². The molecular weight excluding hydrogens is 290 g/mol. The maximum atomic E-state index is 12.7. The smallest absolute Gasteiger partial charge is 0.319 e. The van der Waals surface area contributed by atoms with E-state index in [1.54, 1.807) is 0 Å². The Bertz CT molecular complexity index is 586. The fraction of sp³-hybridized carbons (Fsp3) is 0.300. The molecule has 0 aliphatic rings. The van der Waals surface area contributed by atoms with Gasteiger partial charge in [0.1, 0.15) is 0 Å². The molecule has 0 unspecified atom stereocenters. The molecule has 1 rings (SSSR count). The molecular formula is C10H9F4NO3S. The van der Waals surface area contributed by atoms with Gasteiger partial charge in [0, 0.05) is 6.26 Å². The number of alkyl halides is 4. The Balaban J connectivity index is 3.12. The van der Waals surface area contributed by atoms with Gasteiger partial charge in [-0.2, -0.15) is 8.78 Å². The van der Waals surface area contributed by atoms with E-state index in [-0.39, 0.29) is 0 Å². The van der Waals surface area contributed by atoms with Crippen molar-refractivity contribution in [3.63, 3.8) is 0 Å². The monoisotopic (exact) mass is 299 g/mol. The molecule has 0 atom stereocenters. The molecule has 0 fully saturated rings. The highest BCUT2D eigenvalue weighted by Gasteiger charge is 2.49. The number of hydrogen-bond donors (Lipinski definition) is 1. The predicted molar refractivity (Wildman–Crippen MR) is 59.1 cm³/mol. The standard InChI is InChI=1S/C10H9F4NO3S/c1-19(17,18)7-5-3-2-4-6(7)15-9(16)10(13,14)8(11)12/h2-5,8H,1H3,(H,15,16). The van der Waals surface area contributed by atoms with Gasteiger partial charge in [0.25, 0.3) is 0 Å². The molecule has 0 radical (unpaired) electrons. The van der Waals surface area contributed by atoms with Crippen LogP contribution in [-0.2, 0) is 14.6 Å². The van der Waals surface area contributed by atoms with Crippen LogP contribution in [0.4, 0.5) is 23.2 Å². The third-order valence-corrected chi connectivity index (χ3v) is 3.27. The maximum Gasteiger partial charge on any atom is 0.383 e. The molecule has 0 saturated carbocycles. The first-order valence-electron chi connectivity index (χ1n) is 4.83. The van der Waals surface area contributed by atoms with Crippen LogP contribution in [-0.4, -0.2) is 32.9 Å². The van der Waals surface area contributed by atoms with E-state index in [4.69, 9.17) is 0 Å². The van der Waals surface area contributed by atoms with E-state index in [0.29, 0.717) is 0 Å². The number of para-hydroxylation sites is 1. The van der Waals surface area contributed by atoms with Gasteiger partial charge in [-0.25, -0.2) is 17.2 Å². The third-order valence-electron chi connectivity index (χ3n) is 2.11. The fourth-order valence-electron chi connectivity index (χ4n) is 1.20. The van der Waals surface area contributed by atoms with Gasteiger partial charge in [0.05, 0.1) is 10.6 Å². The lowest BCUT2D eigenvalue weighted by molar-refractivity contribution is -0.163. The van der Waals surface area contributed by atoms with Crippen LogP contribution >= 0.6 is 0 Å². The van der Waals surface area contributed by atoms with Crippen molar-refractivity contribution in [2.75, 3.05) is 11.6 Å². The molecule has 0 bridgehead atoms. The lowest BCUT2D eigenvalue weighted by atomic mass is 10.2. The normalized spacial score (nSPS) is 12.5. The van der Waals surface area contributed by atoms with Gasteiger partial charge >= 0.3 is 18.3 Å². The summed E-state index contributed by atoms with van der Waals surface area (Å²) in [6.07, 6.45) is -3.39. The number of anilines is 1. The van der Waals surface area contributed by atoms with Gasteiger partial charge in [-0.05, 0) is 12.1 Å². The lowest BCUT2D eigenvalue weighted by Gasteiger charge is -2.16. The summed E-state index contributed by atoms with van der Waals surface area (Å²) in [7, 11) is -3.79. The Morgan fingerprint density at radius 1 is 1.26 bits per heavy atom. The zero-order valence-electron chi connectivity index (χ0n) is 9.53. The number of amides is 1. The molecule has 0 aromatic heterocycles. The van der Waals surface area contributed by atoms with E-state index in [1.807, 2.05) is 0 Å². The van der Waals surface area contributed by atoms with Crippen LogP contribution in [0.1, 0.15) is 0 Å². The Morgan fingerprint density at radius 2 is 1.79 bits per heavy atom. The van der Waals surface area contributed by atoms with E-state index >= 15 is 0 Å². The van der Waals surface area contributed by atoms with Gasteiger partial charge in [0.2, 0.25) is 0 Å². The molecule has 0 saturated heterocycles. The Morgan fingerprint density at radius 3 is 2.26 bits per heavy atom. The van der Waals surface area contributed by atoms with Crippen molar-refractivity contribution in [3.8, 4) is 0 Å². The summed E-state index contributed by atoms with van der Waals surface area (Å²) in [4.78, 5) is 10.6. The van der Waals surface area contributed by atoms with Crippen LogP contribution < -0.4 is 5.32 Å². The van der Waals surface area contributed by atoms with Crippen LogP contribution in [0, 0.1) is 0 Å². The predicted octanol–water partition coefficient (Wildman–Crippen LogP) is 1.93. The van der Waals surface area contributed by atoms with Crippen molar-refractivity contribution in [2.45, 2.75) is 17.2 Å². The van der Waals surface area contributed by atoms with Gasteiger partial charge in [0.15, 0.2) is 9.84 Å². The van der Waals surface area contributed by atoms with Crippen LogP contribution in [0.25, 0.3) is 0 Å². The summed E-state index contributed by atoms with van der Waals surface area (Å²) in [5, 5.41) is 1.49. The molecule has 106 valence electrons. The van der Waals surface area contributed by atoms with Crippen LogP contribution in [0.5, 0.6) is 0 Å². The number of rotatable bonds is 4. The van der Waals surface area contributed by atoms with Crippen LogP contribution in [0.2, 0.25) is 0 Å². The number of carbonyl (C=O) groups excluding carboxylic acids is 1. The molecule has 0 spiro atoms. The highest BCUT2D eigenvalue weighted by Crippen LogP contribution is 2.27. The topological polar surface area (TPSA) is 63.2 Å². The van der Waals surface area contributed by atoms with Crippen molar-refractivity contribution >= 4 is 21.4 Å². The lowest BCUT2D eigenvalue weighted by Crippen LogP contribution is -2.41. The number of benzene rings is 1. The Kier molecular flexibility index (Phi) is 4.18. The average Bonchev–Trinajstić information content (AvgIpc) is 2.27.